The summed E-state index contributed by atoms with van der Waals surface area (Å²) in [5, 5.41) is 14.3. The van der Waals surface area contributed by atoms with Crippen molar-refractivity contribution in [1.29, 1.82) is 0 Å². The maximum absolute atomic E-state index is 15.0. The SMILES string of the molecule is COc1ccc2c(O[C@@H]3C[C@H]4C(=O)N[C@]5(C(=O)NS(=O)(=O)C6CC6)C[C@H]5/C=C\CC[C@@H](C)C[C@@H](C)[C@H](N(C(=O)O)C(C)(C)C)C(=O)N4C3)nccc2c1. The van der Waals surface area contributed by atoms with Gasteiger partial charge >= 0.3 is 6.09 Å². The van der Waals surface area contributed by atoms with E-state index in [0.29, 0.717) is 42.7 Å². The Morgan fingerprint density at radius 3 is 2.51 bits per heavy atom. The number of pyridine rings is 1. The van der Waals surface area contributed by atoms with Crippen molar-refractivity contribution in [2.45, 2.75) is 114 Å². The van der Waals surface area contributed by atoms with E-state index in [-0.39, 0.29) is 25.3 Å². The van der Waals surface area contributed by atoms with Gasteiger partial charge in [-0.25, -0.2) is 18.2 Å². The van der Waals surface area contributed by atoms with E-state index in [4.69, 9.17) is 9.47 Å². The summed E-state index contributed by atoms with van der Waals surface area (Å²) in [6.45, 7) is 9.08. The van der Waals surface area contributed by atoms with E-state index in [0.717, 1.165) is 11.8 Å². The fourth-order valence-electron chi connectivity index (χ4n) is 7.97. The van der Waals surface area contributed by atoms with Gasteiger partial charge in [0, 0.05) is 29.5 Å². The van der Waals surface area contributed by atoms with Crippen molar-refractivity contribution >= 4 is 44.6 Å². The van der Waals surface area contributed by atoms with Gasteiger partial charge in [0.15, 0.2) is 0 Å². The molecule has 4 aliphatic rings. The van der Waals surface area contributed by atoms with Gasteiger partial charge in [-0.2, -0.15) is 0 Å². The summed E-state index contributed by atoms with van der Waals surface area (Å²) in [5.41, 5.74) is -2.50. The second-order valence-electron chi connectivity index (χ2n) is 16.2. The zero-order chi connectivity index (χ0) is 38.5. The number of rotatable bonds is 7. The molecule has 3 N–H and O–H groups in total. The molecule has 1 saturated heterocycles. The second kappa shape index (κ2) is 14.4. The molecular weight excluding hydrogens is 703 g/mol. The van der Waals surface area contributed by atoms with Gasteiger partial charge in [0.25, 0.3) is 5.91 Å². The van der Waals surface area contributed by atoms with Gasteiger partial charge in [0.1, 0.15) is 29.5 Å². The highest BCUT2D eigenvalue weighted by molar-refractivity contribution is 7.91. The van der Waals surface area contributed by atoms with Crippen molar-refractivity contribution in [3.8, 4) is 11.6 Å². The van der Waals surface area contributed by atoms with Crippen LogP contribution in [0.4, 0.5) is 4.79 Å². The molecule has 0 bridgehead atoms. The molecule has 0 unspecified atom stereocenters. The van der Waals surface area contributed by atoms with Gasteiger partial charge in [0.05, 0.1) is 18.9 Å². The number of carbonyl (C=O) groups is 4. The highest BCUT2D eigenvalue weighted by Gasteiger charge is 2.62. The van der Waals surface area contributed by atoms with E-state index < -0.39 is 80.2 Å². The summed E-state index contributed by atoms with van der Waals surface area (Å²) >= 11 is 0. The Balaban J connectivity index is 1.39. The molecule has 3 heterocycles. The first-order chi connectivity index (χ1) is 24.9. The van der Waals surface area contributed by atoms with Crippen LogP contribution in [0.2, 0.25) is 0 Å². The molecule has 288 valence electrons. The van der Waals surface area contributed by atoms with Crippen molar-refractivity contribution in [3.05, 3.63) is 42.6 Å². The third-order valence-corrected chi connectivity index (χ3v) is 12.8. The number of carbonyl (C=O) groups excluding carboxylic acids is 3. The average Bonchev–Trinajstić information content (AvgIpc) is 4.01. The molecule has 3 fully saturated rings. The summed E-state index contributed by atoms with van der Waals surface area (Å²) in [6.07, 6.45) is 6.49. The number of hydrogen-bond donors (Lipinski definition) is 3. The summed E-state index contributed by atoms with van der Waals surface area (Å²) in [5.74, 6) is -1.81. The molecule has 2 aliphatic carbocycles. The molecule has 15 heteroatoms. The summed E-state index contributed by atoms with van der Waals surface area (Å²) in [6, 6.07) is 4.95. The number of fused-ring (bicyclic) bond motifs is 3. The Kier molecular flexibility index (Phi) is 10.4. The van der Waals surface area contributed by atoms with E-state index in [9.17, 15) is 32.7 Å². The molecule has 1 aromatic heterocycles. The fourth-order valence-corrected chi connectivity index (χ4v) is 9.34. The lowest BCUT2D eigenvalue weighted by Gasteiger charge is -2.43. The molecule has 0 radical (unpaired) electrons. The van der Waals surface area contributed by atoms with Crippen LogP contribution in [-0.2, 0) is 24.4 Å². The van der Waals surface area contributed by atoms with Gasteiger partial charge in [-0.3, -0.25) is 24.0 Å². The van der Waals surface area contributed by atoms with Crippen LogP contribution >= 0.6 is 0 Å². The third-order valence-electron chi connectivity index (χ3n) is 11.0. The lowest BCUT2D eigenvalue weighted by atomic mass is 9.85. The average molecular weight is 754 g/mol. The monoisotopic (exact) mass is 753 g/mol. The number of amides is 4. The zero-order valence-corrected chi connectivity index (χ0v) is 32.0. The minimum atomic E-state index is -3.91. The molecule has 6 rings (SSSR count). The molecule has 2 aromatic rings. The number of benzene rings is 1. The number of allylic oxidation sites excluding steroid dienone is 1. The number of carboxylic acid groups (broad SMARTS) is 1. The maximum Gasteiger partial charge on any atom is 0.408 e. The second-order valence-corrected chi connectivity index (χ2v) is 18.2. The standard InChI is InChI=1S/C38H51N5O9S/c1-22-9-7-8-10-25-20-38(25,35(46)41-53(49,50)28-12-13-28)40-32(44)30-19-27(52-33-29-14-11-26(51-6)18-24(29)15-16-39-33)21-42(30)34(45)31(23(2)17-22)43(36(47)48)37(3,4)5/h8,10-11,14-16,18,22-23,25,27-28,30-31H,7,9,12-13,17,19-21H2,1-6H3,(H,40,44)(H,41,46)(H,47,48)/b10-8-/t22-,23-,25-,27-,30+,31+,38-/m1/s1. The summed E-state index contributed by atoms with van der Waals surface area (Å²) < 4.78 is 39.8. The molecule has 2 aliphatic heterocycles. The van der Waals surface area contributed by atoms with Crippen LogP contribution in [-0.4, -0.2) is 100 Å². The first kappa shape index (κ1) is 38.3. The summed E-state index contributed by atoms with van der Waals surface area (Å²) in [7, 11) is -2.34. The van der Waals surface area contributed by atoms with Crippen LogP contribution < -0.4 is 19.5 Å². The molecule has 53 heavy (non-hydrogen) atoms. The van der Waals surface area contributed by atoms with Gasteiger partial charge in [-0.05, 0) is 101 Å². The zero-order valence-electron chi connectivity index (χ0n) is 31.2. The Bertz CT molecular complexity index is 1910. The maximum atomic E-state index is 15.0. The highest BCUT2D eigenvalue weighted by Crippen LogP contribution is 2.46. The molecule has 14 nitrogen and oxygen atoms in total. The molecule has 2 saturated carbocycles. The van der Waals surface area contributed by atoms with Gasteiger partial charge in [-0.15, -0.1) is 0 Å². The Labute approximate surface area is 310 Å². The fraction of sp³-hybridized carbons (Fsp3) is 0.605. The topological polar surface area (TPSA) is 185 Å². The van der Waals surface area contributed by atoms with Crippen LogP contribution in [0, 0.1) is 17.8 Å². The lowest BCUT2D eigenvalue weighted by molar-refractivity contribution is -0.146. The number of ether oxygens (including phenoxy) is 2. The normalized spacial score (nSPS) is 30.2. The molecule has 7 atom stereocenters. The molecule has 0 spiro atoms. The number of sulfonamides is 1. The number of nitrogens with one attached hydrogen (secondary N) is 2. The largest absolute Gasteiger partial charge is 0.497 e. The van der Waals surface area contributed by atoms with Crippen LogP contribution in [0.25, 0.3) is 10.8 Å². The third kappa shape index (κ3) is 7.95. The van der Waals surface area contributed by atoms with Crippen LogP contribution in [0.15, 0.2) is 42.6 Å². The number of aromatic nitrogens is 1. The summed E-state index contributed by atoms with van der Waals surface area (Å²) in [4.78, 5) is 63.2. The van der Waals surface area contributed by atoms with E-state index in [1.807, 2.05) is 37.3 Å². The van der Waals surface area contributed by atoms with E-state index >= 15 is 0 Å². The minimum absolute atomic E-state index is 0.0183. The predicted octanol–water partition coefficient (Wildman–Crippen LogP) is 4.23. The van der Waals surface area contributed by atoms with E-state index in [1.54, 1.807) is 40.1 Å². The number of hydrogen-bond acceptors (Lipinski definition) is 9. The first-order valence-corrected chi connectivity index (χ1v) is 20.0. The van der Waals surface area contributed by atoms with Gasteiger partial charge in [0.2, 0.25) is 27.7 Å². The number of nitrogens with zero attached hydrogens (tertiary/aromatic N) is 3. The van der Waals surface area contributed by atoms with Crippen molar-refractivity contribution in [2.24, 2.45) is 17.8 Å². The molecule has 4 amide bonds. The van der Waals surface area contributed by atoms with Crippen molar-refractivity contribution < 1.29 is 42.2 Å². The molecule has 1 aromatic carbocycles. The predicted molar refractivity (Wildman–Crippen MR) is 197 cm³/mol. The van der Waals surface area contributed by atoms with E-state index in [2.05, 4.69) is 21.9 Å². The highest BCUT2D eigenvalue weighted by atomic mass is 32.2. The van der Waals surface area contributed by atoms with Crippen molar-refractivity contribution in [1.82, 2.24) is 24.8 Å². The van der Waals surface area contributed by atoms with Gasteiger partial charge in [-0.1, -0.05) is 26.0 Å². The van der Waals surface area contributed by atoms with E-state index in [1.165, 1.54) is 9.80 Å². The Morgan fingerprint density at radius 2 is 1.85 bits per heavy atom. The van der Waals surface area contributed by atoms with Gasteiger partial charge < -0.3 is 24.8 Å². The smallest absolute Gasteiger partial charge is 0.408 e. The number of methoxy groups -OCH3 is 1. The van der Waals surface area contributed by atoms with Crippen LogP contribution in [0.5, 0.6) is 11.6 Å². The Hall–Kier alpha value is -4.40. The van der Waals surface area contributed by atoms with Crippen LogP contribution in [0.3, 0.4) is 0 Å². The quantitative estimate of drug-likeness (QED) is 0.346. The minimum Gasteiger partial charge on any atom is -0.497 e. The van der Waals surface area contributed by atoms with Crippen molar-refractivity contribution in [2.75, 3.05) is 13.7 Å². The van der Waals surface area contributed by atoms with Crippen molar-refractivity contribution in [3.63, 3.8) is 0 Å². The molecular formula is C38H51N5O9S. The lowest BCUT2D eigenvalue weighted by Crippen LogP contribution is -2.62. The Morgan fingerprint density at radius 1 is 1.11 bits per heavy atom. The van der Waals surface area contributed by atoms with Crippen LogP contribution in [0.1, 0.15) is 79.6 Å². The first-order valence-electron chi connectivity index (χ1n) is 18.4.